The summed E-state index contributed by atoms with van der Waals surface area (Å²) in [6.45, 7) is 0.799. The van der Waals surface area contributed by atoms with Crippen molar-refractivity contribution in [3.63, 3.8) is 0 Å². The molecule has 1 amide bonds. The van der Waals surface area contributed by atoms with Crippen LogP contribution in [0, 0.1) is 0 Å². The number of ether oxygens (including phenoxy) is 2. The third kappa shape index (κ3) is 1.51. The van der Waals surface area contributed by atoms with Gasteiger partial charge in [-0.2, -0.15) is 22.0 Å². The number of halogens is 5. The van der Waals surface area contributed by atoms with Gasteiger partial charge in [-0.3, -0.25) is 0 Å². The van der Waals surface area contributed by atoms with Crippen molar-refractivity contribution in [2.24, 2.45) is 0 Å². The summed E-state index contributed by atoms with van der Waals surface area (Å²) in [5.74, 6) is -2.27. The van der Waals surface area contributed by atoms with Crippen LogP contribution in [0.2, 0.25) is 0 Å². The van der Waals surface area contributed by atoms with Crippen LogP contribution in [0.5, 0.6) is 0 Å². The van der Waals surface area contributed by atoms with Gasteiger partial charge in [-0.1, -0.05) is 0 Å². The van der Waals surface area contributed by atoms with Gasteiger partial charge in [-0.05, 0) is 6.92 Å². The lowest BCUT2D eigenvalue weighted by Gasteiger charge is -2.15. The van der Waals surface area contributed by atoms with E-state index in [0.717, 1.165) is 0 Å². The molecule has 1 atom stereocenters. The zero-order chi connectivity index (χ0) is 14.4. The average molecular weight is 277 g/mol. The molecule has 0 aromatic carbocycles. The second kappa shape index (κ2) is 3.95. The Hall–Kier alpha value is -1.61. The van der Waals surface area contributed by atoms with Crippen molar-refractivity contribution >= 4 is 12.1 Å². The van der Waals surface area contributed by atoms with E-state index in [0.29, 0.717) is 7.11 Å². The largest absolute Gasteiger partial charge is 0.467 e. The van der Waals surface area contributed by atoms with Crippen LogP contribution in [0.25, 0.3) is 0 Å². The molecule has 0 N–H and O–H groups in total. The molecule has 0 bridgehead atoms. The van der Waals surface area contributed by atoms with E-state index in [-0.39, 0.29) is 0 Å². The van der Waals surface area contributed by atoms with Gasteiger partial charge in [0.1, 0.15) is 0 Å². The number of carbonyl (C=O) groups is 2. The van der Waals surface area contributed by atoms with Crippen molar-refractivity contribution in [2.45, 2.75) is 24.7 Å². The van der Waals surface area contributed by atoms with Crippen LogP contribution in [-0.4, -0.2) is 48.4 Å². The molecule has 1 aliphatic heterocycles. The summed E-state index contributed by atoms with van der Waals surface area (Å²) in [7, 11) is 0.507. The van der Waals surface area contributed by atoms with E-state index < -0.39 is 41.3 Å². The number of alkyl halides is 5. The van der Waals surface area contributed by atoms with Crippen LogP contribution >= 0.6 is 0 Å². The van der Waals surface area contributed by atoms with Gasteiger partial charge in [0.25, 0.3) is 0 Å². The molecule has 0 spiro atoms. The van der Waals surface area contributed by atoms with Crippen molar-refractivity contribution in [2.75, 3.05) is 13.7 Å². The highest BCUT2D eigenvalue weighted by Gasteiger charge is 2.98. The molecule has 0 aromatic rings. The van der Waals surface area contributed by atoms with Gasteiger partial charge >= 0.3 is 29.8 Å². The van der Waals surface area contributed by atoms with Crippen LogP contribution in [-0.2, 0) is 14.3 Å². The first-order valence-corrected chi connectivity index (χ1v) is 4.59. The molecule has 1 unspecified atom stereocenters. The lowest BCUT2D eigenvalue weighted by Crippen LogP contribution is -2.48. The fraction of sp³-hybridized carbons (Fsp3) is 0.750. The topological polar surface area (TPSA) is 55.6 Å². The number of carbonyl (C=O) groups excluding carboxylic acids is 2. The Morgan fingerprint density at radius 1 is 1.28 bits per heavy atom. The van der Waals surface area contributed by atoms with E-state index in [1.807, 2.05) is 0 Å². The predicted molar refractivity (Wildman–Crippen MR) is 44.6 cm³/mol. The minimum atomic E-state index is -5.68. The van der Waals surface area contributed by atoms with Crippen molar-refractivity contribution in [3.05, 3.63) is 0 Å². The SMILES string of the molecule is CCOC(=O)N1C(F)(F)C1(C(=O)OC)C(F)(F)F. The summed E-state index contributed by atoms with van der Waals surface area (Å²) >= 11 is 0. The summed E-state index contributed by atoms with van der Waals surface area (Å²) in [4.78, 5) is 21.0. The van der Waals surface area contributed by atoms with Gasteiger partial charge in [-0.15, -0.1) is 0 Å². The number of hydrogen-bond donors (Lipinski definition) is 0. The molecule has 0 aromatic heterocycles. The molecule has 1 saturated heterocycles. The molecule has 5 nitrogen and oxygen atoms in total. The van der Waals surface area contributed by atoms with E-state index in [1.54, 1.807) is 0 Å². The maximum Gasteiger partial charge on any atom is 0.431 e. The third-order valence-electron chi connectivity index (χ3n) is 2.34. The van der Waals surface area contributed by atoms with Crippen LogP contribution in [0.1, 0.15) is 6.92 Å². The Morgan fingerprint density at radius 2 is 1.78 bits per heavy atom. The van der Waals surface area contributed by atoms with Crippen LogP contribution < -0.4 is 0 Å². The average Bonchev–Trinajstić information content (AvgIpc) is 2.75. The van der Waals surface area contributed by atoms with E-state index in [1.165, 1.54) is 6.92 Å². The minimum Gasteiger partial charge on any atom is -0.467 e. The Balaban J connectivity index is 3.23. The number of nitrogens with zero attached hydrogens (tertiary/aromatic N) is 1. The molecule has 1 aliphatic rings. The van der Waals surface area contributed by atoms with Crippen molar-refractivity contribution in [1.82, 2.24) is 4.90 Å². The molecule has 0 aliphatic carbocycles. The highest BCUT2D eigenvalue weighted by Crippen LogP contribution is 2.63. The first-order valence-electron chi connectivity index (χ1n) is 4.59. The van der Waals surface area contributed by atoms with Crippen LogP contribution in [0.3, 0.4) is 0 Å². The molecule has 10 heteroatoms. The first-order chi connectivity index (χ1) is 8.08. The van der Waals surface area contributed by atoms with E-state index >= 15 is 0 Å². The smallest absolute Gasteiger partial charge is 0.431 e. The van der Waals surface area contributed by atoms with Gasteiger partial charge in [0.15, 0.2) is 0 Å². The molecule has 1 fully saturated rings. The van der Waals surface area contributed by atoms with Crippen LogP contribution in [0.15, 0.2) is 0 Å². The quantitative estimate of drug-likeness (QED) is 0.332. The van der Waals surface area contributed by atoms with E-state index in [9.17, 15) is 31.5 Å². The molecule has 18 heavy (non-hydrogen) atoms. The van der Waals surface area contributed by atoms with Gasteiger partial charge in [-0.25, -0.2) is 14.5 Å². The summed E-state index contributed by atoms with van der Waals surface area (Å²) < 4.78 is 72.2. The molecule has 0 saturated carbocycles. The lowest BCUT2D eigenvalue weighted by molar-refractivity contribution is -0.201. The lowest BCUT2D eigenvalue weighted by atomic mass is 10.1. The van der Waals surface area contributed by atoms with Crippen molar-refractivity contribution < 1.29 is 41.0 Å². The first kappa shape index (κ1) is 14.5. The Morgan fingerprint density at radius 3 is 2.11 bits per heavy atom. The van der Waals surface area contributed by atoms with Gasteiger partial charge in [0, 0.05) is 0 Å². The monoisotopic (exact) mass is 277 g/mol. The van der Waals surface area contributed by atoms with Crippen LogP contribution in [0.4, 0.5) is 26.7 Å². The molecule has 1 rings (SSSR count). The third-order valence-corrected chi connectivity index (χ3v) is 2.34. The maximum atomic E-state index is 13.2. The summed E-state index contributed by atoms with van der Waals surface area (Å²) in [6, 6.07) is -4.73. The Bertz CT molecular complexity index is 382. The highest BCUT2D eigenvalue weighted by molar-refractivity contribution is 5.94. The van der Waals surface area contributed by atoms with Crippen molar-refractivity contribution in [3.8, 4) is 0 Å². The summed E-state index contributed by atoms with van der Waals surface area (Å²) in [6.07, 6.45) is -7.62. The number of methoxy groups -OCH3 is 1. The Labute approximate surface area is 97.4 Å². The second-order valence-electron chi connectivity index (χ2n) is 3.28. The Kier molecular flexibility index (Phi) is 3.17. The van der Waals surface area contributed by atoms with Gasteiger partial charge in [0.05, 0.1) is 13.7 Å². The zero-order valence-corrected chi connectivity index (χ0v) is 9.18. The fourth-order valence-corrected chi connectivity index (χ4v) is 1.52. The van der Waals surface area contributed by atoms with E-state index in [4.69, 9.17) is 0 Å². The molecular formula is C8H8F5NO4. The summed E-state index contributed by atoms with van der Waals surface area (Å²) in [5.41, 5.74) is -4.30. The number of esters is 1. The molecular weight excluding hydrogens is 269 g/mol. The highest BCUT2D eigenvalue weighted by atomic mass is 19.4. The zero-order valence-electron chi connectivity index (χ0n) is 9.18. The van der Waals surface area contributed by atoms with Crippen molar-refractivity contribution in [1.29, 1.82) is 0 Å². The normalized spacial score (nSPS) is 25.6. The standard InChI is InChI=1S/C8H8F5NO4/c1-3-18-5(16)14-6(4(15)17-2,7(9,10)11)8(14,12)13/h3H2,1-2H3. The fourth-order valence-electron chi connectivity index (χ4n) is 1.52. The number of amides is 1. The summed E-state index contributed by atoms with van der Waals surface area (Å²) in [5, 5.41) is 0. The predicted octanol–water partition coefficient (Wildman–Crippen LogP) is 1.53. The van der Waals surface area contributed by atoms with Gasteiger partial charge < -0.3 is 9.47 Å². The number of hydrogen-bond acceptors (Lipinski definition) is 4. The van der Waals surface area contributed by atoms with Gasteiger partial charge in [0.2, 0.25) is 0 Å². The minimum absolute atomic E-state index is 0.416. The molecule has 104 valence electrons. The number of rotatable bonds is 2. The maximum absolute atomic E-state index is 13.2. The molecule has 1 heterocycles. The molecule has 0 radical (unpaired) electrons. The second-order valence-corrected chi connectivity index (χ2v) is 3.28. The van der Waals surface area contributed by atoms with E-state index in [2.05, 4.69) is 9.47 Å².